The molecule has 0 aliphatic carbocycles. The number of carbonyl (C=O) groups is 1. The third kappa shape index (κ3) is 2.60. The molecule has 36 heavy (non-hydrogen) atoms. The number of piperidine rings is 1. The van der Waals surface area contributed by atoms with E-state index in [9.17, 15) is 4.79 Å². The lowest BCUT2D eigenvalue weighted by atomic mass is 9.96. The number of aromatic nitrogens is 1. The molecule has 9 heteroatoms. The highest BCUT2D eigenvalue weighted by Crippen LogP contribution is 2.68. The number of quaternary nitrogens is 3. The van der Waals surface area contributed by atoms with Crippen molar-refractivity contribution in [2.75, 3.05) is 13.1 Å². The van der Waals surface area contributed by atoms with Crippen LogP contribution in [0.25, 0.3) is 17.2 Å². The molecule has 4 unspecified atom stereocenters. The van der Waals surface area contributed by atoms with Crippen LogP contribution >= 0.6 is 23.2 Å². The van der Waals surface area contributed by atoms with Crippen LogP contribution in [-0.2, 0) is 11.8 Å². The maximum atomic E-state index is 13.7. The molecular formula is C27H28Cl2N4O3+4. The number of halogens is 2. The molecule has 0 radical (unpaired) electrons. The maximum Gasteiger partial charge on any atom is 0.447 e. The fourth-order valence-corrected chi connectivity index (χ4v) is 7.25. The molecule has 2 aromatic carbocycles. The second kappa shape index (κ2) is 7.21. The Labute approximate surface area is 218 Å². The number of allylic oxidation sites excluding steroid dienone is 2. The van der Waals surface area contributed by atoms with Gasteiger partial charge in [-0.15, -0.1) is 4.48 Å². The van der Waals surface area contributed by atoms with Crippen molar-refractivity contribution in [3.63, 3.8) is 0 Å². The molecule has 4 atom stereocenters. The van der Waals surface area contributed by atoms with E-state index in [1.165, 1.54) is 0 Å². The van der Waals surface area contributed by atoms with Gasteiger partial charge in [0, 0.05) is 28.3 Å². The Bertz CT molecular complexity index is 1560. The smallest absolute Gasteiger partial charge is 0.406 e. The van der Waals surface area contributed by atoms with Crippen LogP contribution in [0, 0.1) is 0 Å². The van der Waals surface area contributed by atoms with Gasteiger partial charge < -0.3 is 14.9 Å². The van der Waals surface area contributed by atoms with E-state index >= 15 is 0 Å². The quantitative estimate of drug-likeness (QED) is 0.311. The first kappa shape index (κ1) is 22.5. The predicted octanol–water partition coefficient (Wildman–Crippen LogP) is 4.03. The molecule has 4 aliphatic rings. The Hall–Kier alpha value is -2.68. The summed E-state index contributed by atoms with van der Waals surface area (Å²) in [6.07, 6.45) is 7.01. The lowest BCUT2D eigenvalue weighted by Gasteiger charge is -2.38. The summed E-state index contributed by atoms with van der Waals surface area (Å²) in [6.45, 7) is 3.62. The topological polar surface area (TPSA) is 71.0 Å². The Morgan fingerprint density at radius 3 is 2.69 bits per heavy atom. The summed E-state index contributed by atoms with van der Waals surface area (Å²) in [5.41, 5.74) is 7.34. The number of carbonyl (C=O) groups excluding carboxylic acids is 1. The van der Waals surface area contributed by atoms with Crippen LogP contribution in [-0.4, -0.2) is 35.3 Å². The predicted molar refractivity (Wildman–Crippen MR) is 136 cm³/mol. The summed E-state index contributed by atoms with van der Waals surface area (Å²) in [5, 5.41) is 1.31. The van der Waals surface area contributed by atoms with Crippen LogP contribution in [0.15, 0.2) is 58.3 Å². The van der Waals surface area contributed by atoms with Gasteiger partial charge in [-0.3, -0.25) is 0 Å². The van der Waals surface area contributed by atoms with Crippen LogP contribution in [0.2, 0.25) is 10.0 Å². The zero-order valence-electron chi connectivity index (χ0n) is 20.3. The van der Waals surface area contributed by atoms with Crippen molar-refractivity contribution >= 4 is 52.0 Å². The van der Waals surface area contributed by atoms with Crippen molar-refractivity contribution < 1.29 is 28.7 Å². The van der Waals surface area contributed by atoms with Gasteiger partial charge in [-0.1, -0.05) is 23.2 Å². The van der Waals surface area contributed by atoms with E-state index in [2.05, 4.69) is 11.8 Å². The van der Waals surface area contributed by atoms with E-state index in [1.807, 2.05) is 61.0 Å². The van der Waals surface area contributed by atoms with Crippen LogP contribution in [0.4, 0.5) is 5.69 Å². The monoisotopic (exact) mass is 526 g/mol. The first-order chi connectivity index (χ1) is 17.2. The number of aryl methyl sites for hydroxylation is 1. The number of rotatable bonds is 2. The number of hydrogen-bond donors (Lipinski definition) is 1. The number of nitrogens with zero attached hydrogens (tertiary/aromatic N) is 3. The van der Waals surface area contributed by atoms with E-state index in [1.54, 1.807) is 0 Å². The van der Waals surface area contributed by atoms with Gasteiger partial charge in [0.15, 0.2) is 11.4 Å². The molecule has 7 nitrogen and oxygen atoms in total. The van der Waals surface area contributed by atoms with Crippen molar-refractivity contribution in [2.24, 2.45) is 7.05 Å². The minimum Gasteiger partial charge on any atom is -0.406 e. The molecule has 3 N–H and O–H groups in total. The minimum absolute atomic E-state index is 0.105. The summed E-state index contributed by atoms with van der Waals surface area (Å²) in [5.74, 6) is 2.52. The highest BCUT2D eigenvalue weighted by atomic mass is 35.5. The fourth-order valence-electron chi connectivity index (χ4n) is 6.92. The molecule has 4 aliphatic heterocycles. The second-order valence-corrected chi connectivity index (χ2v) is 11.4. The molecule has 3 saturated heterocycles. The summed E-state index contributed by atoms with van der Waals surface area (Å²) >= 11 is 12.7. The van der Waals surface area contributed by atoms with Crippen molar-refractivity contribution in [1.82, 2.24) is 4.48 Å². The van der Waals surface area contributed by atoms with Crippen molar-refractivity contribution in [2.45, 2.75) is 38.0 Å². The first-order valence-electron chi connectivity index (χ1n) is 12.4. The normalized spacial score (nSPS) is 33.7. The molecule has 184 valence electrons. The third-order valence-electron chi connectivity index (χ3n) is 8.66. The SMILES string of the molecule is CC(=Cc1oc2ccc(Cl)cc2[n+]1C)C=C1Oc2ccc(Cl)cc2[N+]12CCCCC21C(=O)[N+]12CC2[NH3+]. The molecule has 3 fully saturated rings. The minimum atomic E-state index is -0.576. The van der Waals surface area contributed by atoms with E-state index in [4.69, 9.17) is 32.4 Å². The van der Waals surface area contributed by atoms with Gasteiger partial charge in [0.1, 0.15) is 7.05 Å². The molecule has 3 spiro atoms. The molecule has 0 bridgehead atoms. The van der Waals surface area contributed by atoms with Crippen LogP contribution in [0.3, 0.4) is 0 Å². The average Bonchev–Trinajstić information content (AvgIpc) is 3.56. The zero-order chi connectivity index (χ0) is 25.0. The van der Waals surface area contributed by atoms with Gasteiger partial charge >= 0.3 is 23.3 Å². The van der Waals surface area contributed by atoms with E-state index in [0.29, 0.717) is 24.9 Å². The number of oxazole rings is 1. The van der Waals surface area contributed by atoms with Gasteiger partial charge in [0.25, 0.3) is 11.7 Å². The molecule has 0 saturated carbocycles. The van der Waals surface area contributed by atoms with Crippen LogP contribution in [0.5, 0.6) is 5.75 Å². The van der Waals surface area contributed by atoms with Gasteiger partial charge in [-0.25, -0.2) is 4.79 Å². The summed E-state index contributed by atoms with van der Waals surface area (Å²) in [7, 11) is 1.96. The van der Waals surface area contributed by atoms with E-state index in [0.717, 1.165) is 66.3 Å². The third-order valence-corrected chi connectivity index (χ3v) is 9.13. The van der Waals surface area contributed by atoms with Gasteiger partial charge in [-0.2, -0.15) is 9.05 Å². The first-order valence-corrected chi connectivity index (χ1v) is 13.1. The van der Waals surface area contributed by atoms with Gasteiger partial charge in [0.05, 0.1) is 19.0 Å². The summed E-state index contributed by atoms with van der Waals surface area (Å²) < 4.78 is 15.5. The molecule has 3 aromatic rings. The molecular weight excluding hydrogens is 499 g/mol. The van der Waals surface area contributed by atoms with Crippen LogP contribution in [0.1, 0.15) is 32.1 Å². The fraction of sp³-hybridized carbons (Fsp3) is 0.333. The van der Waals surface area contributed by atoms with Crippen LogP contribution < -0.4 is 19.5 Å². The molecule has 7 rings (SSSR count). The lowest BCUT2D eigenvalue weighted by molar-refractivity contribution is -0.755. The van der Waals surface area contributed by atoms with Crippen molar-refractivity contribution in [3.8, 4) is 5.75 Å². The number of hydrogen-bond acceptors (Lipinski definition) is 3. The second-order valence-electron chi connectivity index (χ2n) is 10.5. The molecule has 5 heterocycles. The number of fused-ring (bicyclic) bond motifs is 5. The van der Waals surface area contributed by atoms with Crippen molar-refractivity contribution in [1.29, 1.82) is 0 Å². The number of benzene rings is 2. The van der Waals surface area contributed by atoms with Gasteiger partial charge in [-0.05, 0) is 49.6 Å². The lowest BCUT2D eigenvalue weighted by Crippen LogP contribution is -2.65. The largest absolute Gasteiger partial charge is 0.447 e. The molecule has 1 amide bonds. The Kier molecular flexibility index (Phi) is 4.51. The zero-order valence-corrected chi connectivity index (χ0v) is 21.8. The number of ether oxygens (including phenoxy) is 1. The number of amides is 1. The Morgan fingerprint density at radius 1 is 1.19 bits per heavy atom. The van der Waals surface area contributed by atoms with E-state index in [-0.39, 0.29) is 12.1 Å². The summed E-state index contributed by atoms with van der Waals surface area (Å²) in [4.78, 5) is 13.7. The highest BCUT2D eigenvalue weighted by molar-refractivity contribution is 6.31. The van der Waals surface area contributed by atoms with E-state index < -0.39 is 5.66 Å². The molecule has 1 aromatic heterocycles. The average molecular weight is 527 g/mol. The summed E-state index contributed by atoms with van der Waals surface area (Å²) in [6, 6.07) is 11.3. The Morgan fingerprint density at radius 2 is 1.94 bits per heavy atom. The standard InChI is InChI=1S/C27H27Cl2N4O3/c1-16(11-24-31(2)19-13-17(28)5-7-21(19)35-24)12-25-32(20-14-18(29)6-8-22(20)36-25)10-4-3-9-27(32)26(34)33(27)15-23(33)30/h5-8,11-14,23H,3-4,9-10,15,30H2,1-2H3/q+3/p+1. The highest BCUT2D eigenvalue weighted by Gasteiger charge is 3.04. The van der Waals surface area contributed by atoms with Gasteiger partial charge in [0.2, 0.25) is 12.1 Å². The Balaban J connectivity index is 1.39. The maximum absolute atomic E-state index is 13.7. The van der Waals surface area contributed by atoms with Crippen molar-refractivity contribution in [3.05, 3.63) is 69.9 Å².